The van der Waals surface area contributed by atoms with Gasteiger partial charge in [-0.1, -0.05) is 206 Å². The molecule has 0 radical (unpaired) electrons. The lowest BCUT2D eigenvalue weighted by molar-refractivity contribution is -0.255. The summed E-state index contributed by atoms with van der Waals surface area (Å²) in [6, 6.07) is 11.2. The average molecular weight is 730 g/mol. The second-order valence-electron chi connectivity index (χ2n) is 16.1. The molecular weight excluding hydrogens is 649 g/mol. The number of carboxylic acid groups (broad SMARTS) is 1. The number of hydrogen-bond acceptors (Lipinski definition) is 4. The second-order valence-corrected chi connectivity index (χ2v) is 16.1. The van der Waals surface area contributed by atoms with Crippen LogP contribution in [0.1, 0.15) is 240 Å². The number of aromatic carboxylic acids is 1. The summed E-state index contributed by atoms with van der Waals surface area (Å²) in [7, 11) is 0. The van der Waals surface area contributed by atoms with Crippen molar-refractivity contribution in [2.45, 2.75) is 233 Å². The normalized spacial score (nSPS) is 11.6. The SMILES string of the molecule is CCCCCCCCCCCCc1cc(N=Nc2ccc(C(=O)[O-])cc2)cc(CCCCCCCCCCCC)c1CCCCCCCCCCCC. The highest BCUT2D eigenvalue weighted by Crippen LogP contribution is 2.30. The zero-order valence-electron chi connectivity index (χ0n) is 35.0. The molecule has 0 spiro atoms. The molecule has 0 aliphatic carbocycles. The van der Waals surface area contributed by atoms with Crippen LogP contribution < -0.4 is 5.11 Å². The van der Waals surface area contributed by atoms with E-state index < -0.39 is 5.97 Å². The average Bonchev–Trinajstić information content (AvgIpc) is 3.17. The first-order valence-electron chi connectivity index (χ1n) is 23.0. The third-order valence-corrected chi connectivity index (χ3v) is 11.2. The van der Waals surface area contributed by atoms with Gasteiger partial charge in [-0.05, 0) is 85.0 Å². The summed E-state index contributed by atoms with van der Waals surface area (Å²) in [5.41, 5.74) is 6.35. The highest BCUT2D eigenvalue weighted by atomic mass is 16.4. The van der Waals surface area contributed by atoms with Crippen molar-refractivity contribution in [3.63, 3.8) is 0 Å². The first kappa shape index (κ1) is 46.7. The van der Waals surface area contributed by atoms with E-state index in [2.05, 4.69) is 38.0 Å². The molecule has 0 heterocycles. The van der Waals surface area contributed by atoms with Crippen molar-refractivity contribution in [3.8, 4) is 0 Å². The van der Waals surface area contributed by atoms with Gasteiger partial charge in [-0.3, -0.25) is 0 Å². The molecule has 0 saturated heterocycles. The third kappa shape index (κ3) is 23.8. The number of benzene rings is 2. The summed E-state index contributed by atoms with van der Waals surface area (Å²) in [4.78, 5) is 11.2. The van der Waals surface area contributed by atoms with Crippen LogP contribution >= 0.6 is 0 Å². The molecule has 0 aliphatic rings. The summed E-state index contributed by atoms with van der Waals surface area (Å²) in [5.74, 6) is -1.17. The maximum absolute atomic E-state index is 11.2. The Morgan fingerprint density at radius 3 is 1.06 bits per heavy atom. The van der Waals surface area contributed by atoms with Crippen molar-refractivity contribution < 1.29 is 9.90 Å². The minimum atomic E-state index is -1.17. The van der Waals surface area contributed by atoms with E-state index in [-0.39, 0.29) is 5.56 Å². The van der Waals surface area contributed by atoms with Gasteiger partial charge in [-0.2, -0.15) is 10.2 Å². The molecule has 2 rings (SSSR count). The Kier molecular flexibility index (Phi) is 29.0. The fraction of sp³-hybridized carbons (Fsp3) is 0.735. The van der Waals surface area contributed by atoms with Gasteiger partial charge in [0.1, 0.15) is 0 Å². The number of carboxylic acids is 1. The standard InChI is InChI=1S/C49H82N2O2/c1-4-7-10-13-16-19-22-25-28-31-34-44-41-47(51-50-46-39-37-43(38-40-46)49(52)53)42-45(35-32-29-26-23-20-17-14-11-8-5-2)48(44)36-33-30-27-24-21-18-15-12-9-6-3/h37-42H,4-36H2,1-3H3,(H,52,53)/p-1. The number of nitrogens with zero attached hydrogens (tertiary/aromatic N) is 2. The van der Waals surface area contributed by atoms with Crippen molar-refractivity contribution in [1.29, 1.82) is 0 Å². The van der Waals surface area contributed by atoms with Crippen LogP contribution in [0.3, 0.4) is 0 Å². The lowest BCUT2D eigenvalue weighted by Gasteiger charge is -2.17. The molecule has 0 amide bonds. The van der Waals surface area contributed by atoms with E-state index >= 15 is 0 Å². The molecule has 0 aromatic heterocycles. The van der Waals surface area contributed by atoms with Crippen LogP contribution in [0.2, 0.25) is 0 Å². The molecule has 0 fully saturated rings. The Morgan fingerprint density at radius 2 is 0.717 bits per heavy atom. The van der Waals surface area contributed by atoms with E-state index in [1.54, 1.807) is 29.8 Å². The van der Waals surface area contributed by atoms with E-state index in [1.807, 2.05) is 0 Å². The van der Waals surface area contributed by atoms with Gasteiger partial charge in [-0.15, -0.1) is 0 Å². The van der Waals surface area contributed by atoms with Crippen molar-refractivity contribution in [2.24, 2.45) is 10.2 Å². The first-order chi connectivity index (χ1) is 26.1. The predicted molar refractivity (Wildman–Crippen MR) is 228 cm³/mol. The van der Waals surface area contributed by atoms with Crippen molar-refractivity contribution in [1.82, 2.24) is 0 Å². The summed E-state index contributed by atoms with van der Waals surface area (Å²) in [6.07, 6.45) is 44.2. The molecule has 4 nitrogen and oxygen atoms in total. The zero-order valence-corrected chi connectivity index (χ0v) is 35.0. The summed E-state index contributed by atoms with van der Waals surface area (Å²) in [5, 5.41) is 20.5. The van der Waals surface area contributed by atoms with Gasteiger partial charge in [0.15, 0.2) is 0 Å². The minimum Gasteiger partial charge on any atom is -0.545 e. The second kappa shape index (κ2) is 32.9. The van der Waals surface area contributed by atoms with E-state index in [1.165, 1.54) is 210 Å². The molecule has 4 heteroatoms. The molecular formula is C49H81N2O2-. The Balaban J connectivity index is 2.10. The number of rotatable bonds is 36. The molecule has 300 valence electrons. The lowest BCUT2D eigenvalue weighted by atomic mass is 9.89. The third-order valence-electron chi connectivity index (χ3n) is 11.2. The Hall–Kier alpha value is -2.49. The van der Waals surface area contributed by atoms with Crippen molar-refractivity contribution >= 4 is 17.3 Å². The molecule has 0 N–H and O–H groups in total. The first-order valence-corrected chi connectivity index (χ1v) is 23.0. The van der Waals surface area contributed by atoms with Crippen LogP contribution in [0.15, 0.2) is 46.6 Å². The lowest BCUT2D eigenvalue weighted by Crippen LogP contribution is -2.21. The molecule has 2 aromatic carbocycles. The van der Waals surface area contributed by atoms with E-state index in [0.717, 1.165) is 18.5 Å². The van der Waals surface area contributed by atoms with E-state index in [0.29, 0.717) is 5.69 Å². The molecule has 0 saturated carbocycles. The molecule has 2 aromatic rings. The Bertz CT molecular complexity index is 1140. The predicted octanol–water partition coefficient (Wildman–Crippen LogP) is 15.9. The zero-order chi connectivity index (χ0) is 38.0. The van der Waals surface area contributed by atoms with Gasteiger partial charge >= 0.3 is 0 Å². The fourth-order valence-corrected chi connectivity index (χ4v) is 7.78. The van der Waals surface area contributed by atoms with Crippen molar-refractivity contribution in [3.05, 3.63) is 58.7 Å². The largest absolute Gasteiger partial charge is 0.545 e. The quantitative estimate of drug-likeness (QED) is 0.0518. The Morgan fingerprint density at radius 1 is 0.415 bits per heavy atom. The van der Waals surface area contributed by atoms with E-state index in [4.69, 9.17) is 5.11 Å². The van der Waals surface area contributed by atoms with Gasteiger partial charge in [0.2, 0.25) is 0 Å². The van der Waals surface area contributed by atoms with Crippen molar-refractivity contribution in [2.75, 3.05) is 0 Å². The molecule has 0 bridgehead atoms. The number of azo groups is 1. The minimum absolute atomic E-state index is 0.165. The Labute approximate surface area is 327 Å². The van der Waals surface area contributed by atoms with Gasteiger partial charge in [0.25, 0.3) is 0 Å². The van der Waals surface area contributed by atoms with Crippen LogP contribution in [0.25, 0.3) is 0 Å². The van der Waals surface area contributed by atoms with Gasteiger partial charge in [-0.25, -0.2) is 0 Å². The topological polar surface area (TPSA) is 64.8 Å². The molecule has 0 aliphatic heterocycles. The van der Waals surface area contributed by atoms with Crippen LogP contribution in [0, 0.1) is 0 Å². The fourth-order valence-electron chi connectivity index (χ4n) is 7.78. The highest BCUT2D eigenvalue weighted by molar-refractivity contribution is 5.86. The maximum Gasteiger partial charge on any atom is 0.0862 e. The summed E-state index contributed by atoms with van der Waals surface area (Å²) >= 11 is 0. The van der Waals surface area contributed by atoms with Crippen LogP contribution in [-0.4, -0.2) is 5.97 Å². The number of carbonyl (C=O) groups excluding carboxylic acids is 1. The van der Waals surface area contributed by atoms with E-state index in [9.17, 15) is 9.90 Å². The van der Waals surface area contributed by atoms with Crippen LogP contribution in [-0.2, 0) is 19.3 Å². The van der Waals surface area contributed by atoms with Gasteiger partial charge < -0.3 is 9.90 Å². The number of carbonyl (C=O) groups is 1. The highest BCUT2D eigenvalue weighted by Gasteiger charge is 2.12. The van der Waals surface area contributed by atoms with Gasteiger partial charge in [0, 0.05) is 0 Å². The number of aryl methyl sites for hydroxylation is 2. The summed E-state index contributed by atoms with van der Waals surface area (Å²) in [6.45, 7) is 6.88. The summed E-state index contributed by atoms with van der Waals surface area (Å²) < 4.78 is 0. The number of hydrogen-bond donors (Lipinski definition) is 0. The van der Waals surface area contributed by atoms with Crippen LogP contribution in [0.4, 0.5) is 11.4 Å². The smallest absolute Gasteiger partial charge is 0.0862 e. The molecule has 0 unspecified atom stereocenters. The molecule has 0 atom stereocenters. The molecule has 53 heavy (non-hydrogen) atoms. The van der Waals surface area contributed by atoms with Gasteiger partial charge in [0.05, 0.1) is 17.3 Å². The number of unbranched alkanes of at least 4 members (excludes halogenated alkanes) is 27. The van der Waals surface area contributed by atoms with Crippen LogP contribution in [0.5, 0.6) is 0 Å². The monoisotopic (exact) mass is 730 g/mol. The maximum atomic E-state index is 11.2.